The minimum Gasteiger partial charge on any atom is -0.389 e. The molecule has 0 aromatic heterocycles. The molecule has 0 aliphatic heterocycles. The first-order valence-electron chi connectivity index (χ1n) is 12.5. The van der Waals surface area contributed by atoms with Crippen molar-refractivity contribution in [2.75, 3.05) is 0 Å². The highest BCUT2D eigenvalue weighted by Crippen LogP contribution is 2.19. The summed E-state index contributed by atoms with van der Waals surface area (Å²) in [5.41, 5.74) is 6.82. The van der Waals surface area contributed by atoms with Crippen molar-refractivity contribution in [1.82, 2.24) is 0 Å². The minimum atomic E-state index is -0.369. The van der Waals surface area contributed by atoms with Gasteiger partial charge in [-0.15, -0.1) is 6.58 Å². The Morgan fingerprint density at radius 2 is 1.29 bits per heavy atom. The van der Waals surface area contributed by atoms with Crippen LogP contribution in [0.5, 0.6) is 0 Å². The predicted molar refractivity (Wildman–Crippen MR) is 141 cm³/mol. The molecule has 0 bridgehead atoms. The van der Waals surface area contributed by atoms with E-state index in [1.807, 2.05) is 13.0 Å². The van der Waals surface area contributed by atoms with Crippen molar-refractivity contribution in [3.8, 4) is 0 Å². The normalized spacial score (nSPS) is 15.0. The largest absolute Gasteiger partial charge is 0.389 e. The van der Waals surface area contributed by atoms with E-state index in [2.05, 4.69) is 66.3 Å². The number of hydrogen-bond donors (Lipinski definition) is 1. The standard InChI is InChI=1S/C30H52O/c1-24(2)14-11-17-28(7)19-12-18-26(5)15-9-10-16-27(6)20-13-21-29(8)23-30(31)22-25(3)4/h14-15,19,23,27,30-31H,3,9-13,16-18,20-22H2,1-2,4-8H3/b26-15+,28-19+,29-23+. The zero-order valence-corrected chi connectivity index (χ0v) is 21.9. The Morgan fingerprint density at radius 3 is 1.87 bits per heavy atom. The summed E-state index contributed by atoms with van der Waals surface area (Å²) in [5, 5.41) is 9.97. The molecule has 2 atom stereocenters. The van der Waals surface area contributed by atoms with Crippen molar-refractivity contribution in [2.45, 2.75) is 125 Å². The molecule has 0 rings (SSSR count). The molecular weight excluding hydrogens is 376 g/mol. The lowest BCUT2D eigenvalue weighted by molar-refractivity contribution is 0.222. The Morgan fingerprint density at radius 1 is 0.742 bits per heavy atom. The van der Waals surface area contributed by atoms with Gasteiger partial charge < -0.3 is 5.11 Å². The van der Waals surface area contributed by atoms with Crippen LogP contribution in [-0.2, 0) is 0 Å². The molecule has 178 valence electrons. The van der Waals surface area contributed by atoms with Crippen molar-refractivity contribution in [3.05, 3.63) is 58.7 Å². The van der Waals surface area contributed by atoms with Crippen LogP contribution in [0.3, 0.4) is 0 Å². The Labute approximate surface area is 195 Å². The molecule has 0 saturated carbocycles. The van der Waals surface area contributed by atoms with Crippen LogP contribution >= 0.6 is 0 Å². The summed E-state index contributed by atoms with van der Waals surface area (Å²) >= 11 is 0. The van der Waals surface area contributed by atoms with Gasteiger partial charge in [0.05, 0.1) is 6.10 Å². The Bertz CT molecular complexity index is 610. The quantitative estimate of drug-likeness (QED) is 0.180. The lowest BCUT2D eigenvalue weighted by atomic mass is 9.95. The first kappa shape index (κ1) is 29.7. The Balaban J connectivity index is 3.94. The van der Waals surface area contributed by atoms with E-state index < -0.39 is 0 Å². The van der Waals surface area contributed by atoms with Gasteiger partial charge in [0.15, 0.2) is 0 Å². The first-order valence-corrected chi connectivity index (χ1v) is 12.5. The van der Waals surface area contributed by atoms with E-state index in [1.54, 1.807) is 0 Å². The Hall–Kier alpha value is -1.34. The summed E-state index contributed by atoms with van der Waals surface area (Å²) in [6, 6.07) is 0. The van der Waals surface area contributed by atoms with E-state index in [0.29, 0.717) is 6.42 Å². The van der Waals surface area contributed by atoms with Crippen molar-refractivity contribution < 1.29 is 5.11 Å². The van der Waals surface area contributed by atoms with Crippen LogP contribution in [0.25, 0.3) is 0 Å². The lowest BCUT2D eigenvalue weighted by Gasteiger charge is -2.12. The van der Waals surface area contributed by atoms with Gasteiger partial charge in [-0.05, 0) is 105 Å². The van der Waals surface area contributed by atoms with Crippen LogP contribution in [0, 0.1) is 5.92 Å². The van der Waals surface area contributed by atoms with Crippen LogP contribution in [-0.4, -0.2) is 11.2 Å². The molecule has 2 unspecified atom stereocenters. The topological polar surface area (TPSA) is 20.2 Å². The minimum absolute atomic E-state index is 0.369. The van der Waals surface area contributed by atoms with Crippen molar-refractivity contribution in [3.63, 3.8) is 0 Å². The SMILES string of the molecule is C=C(C)CC(O)/C=C(\C)CCCC(C)CCC/C=C(\C)CC/C=C(\C)CCC=C(C)C. The molecule has 31 heavy (non-hydrogen) atoms. The van der Waals surface area contributed by atoms with Crippen molar-refractivity contribution in [1.29, 1.82) is 0 Å². The molecule has 1 nitrogen and oxygen atoms in total. The van der Waals surface area contributed by atoms with Crippen LogP contribution in [0.4, 0.5) is 0 Å². The molecule has 0 amide bonds. The van der Waals surface area contributed by atoms with Gasteiger partial charge >= 0.3 is 0 Å². The van der Waals surface area contributed by atoms with E-state index in [9.17, 15) is 5.11 Å². The highest BCUT2D eigenvalue weighted by Gasteiger charge is 2.04. The molecule has 0 aliphatic rings. The number of allylic oxidation sites excluding steroid dienone is 7. The van der Waals surface area contributed by atoms with E-state index in [1.165, 1.54) is 80.1 Å². The maximum Gasteiger partial charge on any atom is 0.0760 e. The third-order valence-electron chi connectivity index (χ3n) is 5.82. The Kier molecular flexibility index (Phi) is 17.5. The molecule has 0 fully saturated rings. The predicted octanol–water partition coefficient (Wildman–Crippen LogP) is 9.66. The van der Waals surface area contributed by atoms with Crippen molar-refractivity contribution >= 4 is 0 Å². The lowest BCUT2D eigenvalue weighted by Crippen LogP contribution is -2.03. The molecule has 0 aromatic rings. The zero-order valence-electron chi connectivity index (χ0n) is 21.9. The summed E-state index contributed by atoms with van der Waals surface area (Å²) in [6.07, 6.45) is 21.7. The fourth-order valence-corrected chi connectivity index (χ4v) is 3.86. The molecule has 0 heterocycles. The van der Waals surface area contributed by atoms with Gasteiger partial charge in [-0.25, -0.2) is 0 Å². The second-order valence-corrected chi connectivity index (χ2v) is 10.1. The second-order valence-electron chi connectivity index (χ2n) is 10.1. The highest BCUT2D eigenvalue weighted by molar-refractivity contribution is 5.06. The molecule has 0 radical (unpaired) electrons. The average Bonchev–Trinajstić information content (AvgIpc) is 2.64. The van der Waals surface area contributed by atoms with E-state index in [0.717, 1.165) is 17.9 Å². The van der Waals surface area contributed by atoms with Gasteiger partial charge in [0.25, 0.3) is 0 Å². The highest BCUT2D eigenvalue weighted by atomic mass is 16.3. The first-order chi connectivity index (χ1) is 14.6. The number of aliphatic hydroxyl groups excluding tert-OH is 1. The molecule has 0 aliphatic carbocycles. The second kappa shape index (κ2) is 18.3. The maximum absolute atomic E-state index is 9.97. The number of hydrogen-bond acceptors (Lipinski definition) is 1. The molecule has 0 aromatic carbocycles. The zero-order chi connectivity index (χ0) is 23.6. The monoisotopic (exact) mass is 428 g/mol. The third kappa shape index (κ3) is 20.3. The molecule has 1 N–H and O–H groups in total. The summed E-state index contributed by atoms with van der Waals surface area (Å²) in [6.45, 7) is 19.3. The van der Waals surface area contributed by atoms with Crippen LogP contribution in [0.2, 0.25) is 0 Å². The van der Waals surface area contributed by atoms with Crippen LogP contribution < -0.4 is 0 Å². The van der Waals surface area contributed by atoms with Gasteiger partial charge in [-0.3, -0.25) is 0 Å². The van der Waals surface area contributed by atoms with E-state index in [-0.39, 0.29) is 6.10 Å². The van der Waals surface area contributed by atoms with E-state index >= 15 is 0 Å². The molecule has 0 saturated heterocycles. The fraction of sp³-hybridized carbons (Fsp3) is 0.667. The summed E-state index contributed by atoms with van der Waals surface area (Å²) in [5.74, 6) is 0.785. The summed E-state index contributed by atoms with van der Waals surface area (Å²) < 4.78 is 0. The van der Waals surface area contributed by atoms with Crippen LogP contribution in [0.1, 0.15) is 119 Å². The van der Waals surface area contributed by atoms with Gasteiger partial charge in [-0.2, -0.15) is 0 Å². The summed E-state index contributed by atoms with van der Waals surface area (Å²) in [7, 11) is 0. The van der Waals surface area contributed by atoms with E-state index in [4.69, 9.17) is 0 Å². The fourth-order valence-electron chi connectivity index (χ4n) is 3.86. The maximum atomic E-state index is 9.97. The van der Waals surface area contributed by atoms with Crippen LogP contribution in [0.15, 0.2) is 58.7 Å². The molecular formula is C30H52O. The smallest absolute Gasteiger partial charge is 0.0760 e. The van der Waals surface area contributed by atoms with Crippen molar-refractivity contribution in [2.24, 2.45) is 5.92 Å². The van der Waals surface area contributed by atoms with Gasteiger partial charge in [-0.1, -0.05) is 71.9 Å². The summed E-state index contributed by atoms with van der Waals surface area (Å²) in [4.78, 5) is 0. The van der Waals surface area contributed by atoms with Gasteiger partial charge in [0.2, 0.25) is 0 Å². The van der Waals surface area contributed by atoms with Gasteiger partial charge in [0.1, 0.15) is 0 Å². The number of unbranched alkanes of at least 4 members (excludes halogenated alkanes) is 1. The third-order valence-corrected chi connectivity index (χ3v) is 5.82. The number of aliphatic hydroxyl groups is 1. The molecule has 0 spiro atoms. The molecule has 1 heteroatoms. The average molecular weight is 429 g/mol. The van der Waals surface area contributed by atoms with Gasteiger partial charge in [0, 0.05) is 0 Å². The number of rotatable bonds is 17.